The summed E-state index contributed by atoms with van der Waals surface area (Å²) in [5.74, 6) is -1.01. The number of benzene rings is 3. The van der Waals surface area contributed by atoms with E-state index in [4.69, 9.17) is 9.73 Å². The van der Waals surface area contributed by atoms with Gasteiger partial charge in [0.25, 0.3) is 5.91 Å². The molecule has 4 rings (SSSR count). The standard InChI is InChI=1S/C28H26N2O4S/c1-3-20-9-5-7-11-23(20)29-28-30(24-12-8-6-10-21(24)4-2)27(33)25(35-28)17-19-13-15-22(16-14-19)34-18-26(31)32/h5-17H,3-4,18H2,1-2H3,(H,31,32)/p-1/b25-17-,29-28?. The maximum absolute atomic E-state index is 13.6. The van der Waals surface area contributed by atoms with Crippen LogP contribution in [0, 0.1) is 0 Å². The first-order valence-electron chi connectivity index (χ1n) is 11.4. The minimum absolute atomic E-state index is 0.138. The number of thioether (sulfide) groups is 1. The Morgan fingerprint density at radius 3 is 2.31 bits per heavy atom. The van der Waals surface area contributed by atoms with Gasteiger partial charge in [-0.15, -0.1) is 0 Å². The second kappa shape index (κ2) is 11.1. The second-order valence-corrected chi connectivity index (χ2v) is 8.85. The zero-order valence-electron chi connectivity index (χ0n) is 19.6. The lowest BCUT2D eigenvalue weighted by molar-refractivity contribution is -0.307. The maximum Gasteiger partial charge on any atom is 0.271 e. The van der Waals surface area contributed by atoms with Gasteiger partial charge >= 0.3 is 0 Å². The molecule has 3 aromatic rings. The average Bonchev–Trinajstić information content (AvgIpc) is 3.17. The SMILES string of the molecule is CCc1ccccc1N=C1S/C(=C\c2ccc(OCC(=O)[O-])cc2)C(=O)N1c1ccccc1CC. The predicted octanol–water partition coefficient (Wildman–Crippen LogP) is 4.75. The van der Waals surface area contributed by atoms with Gasteiger partial charge in [0.1, 0.15) is 12.4 Å². The lowest BCUT2D eigenvalue weighted by atomic mass is 10.1. The van der Waals surface area contributed by atoms with Crippen molar-refractivity contribution in [3.63, 3.8) is 0 Å². The van der Waals surface area contributed by atoms with Crippen molar-refractivity contribution in [1.82, 2.24) is 0 Å². The molecular formula is C28H25N2O4S-. The van der Waals surface area contributed by atoms with Crippen LogP contribution in [0.1, 0.15) is 30.5 Å². The largest absolute Gasteiger partial charge is 0.546 e. The zero-order chi connectivity index (χ0) is 24.8. The number of carbonyl (C=O) groups excluding carboxylic acids is 2. The minimum Gasteiger partial charge on any atom is -0.546 e. The van der Waals surface area contributed by atoms with Crippen molar-refractivity contribution in [2.24, 2.45) is 4.99 Å². The van der Waals surface area contributed by atoms with Gasteiger partial charge in [-0.2, -0.15) is 0 Å². The van der Waals surface area contributed by atoms with E-state index in [1.165, 1.54) is 11.8 Å². The van der Waals surface area contributed by atoms with Gasteiger partial charge in [-0.1, -0.05) is 62.4 Å². The van der Waals surface area contributed by atoms with Crippen LogP contribution in [-0.2, 0) is 22.4 Å². The Labute approximate surface area is 209 Å². The molecule has 0 unspecified atom stereocenters. The van der Waals surface area contributed by atoms with Crippen molar-refractivity contribution in [3.05, 3.63) is 94.4 Å². The summed E-state index contributed by atoms with van der Waals surface area (Å²) in [5, 5.41) is 11.2. The van der Waals surface area contributed by atoms with E-state index < -0.39 is 12.6 Å². The Balaban J connectivity index is 1.72. The fraction of sp³-hybridized carbons (Fsp3) is 0.179. The fourth-order valence-electron chi connectivity index (χ4n) is 3.76. The average molecular weight is 486 g/mol. The molecule has 0 atom stereocenters. The number of nitrogens with zero attached hydrogens (tertiary/aromatic N) is 2. The molecule has 0 aliphatic carbocycles. The van der Waals surface area contributed by atoms with Gasteiger partial charge < -0.3 is 14.6 Å². The van der Waals surface area contributed by atoms with Gasteiger partial charge in [0, 0.05) is 0 Å². The minimum atomic E-state index is -1.28. The van der Waals surface area contributed by atoms with Crippen LogP contribution in [0.5, 0.6) is 5.75 Å². The van der Waals surface area contributed by atoms with Crippen molar-refractivity contribution in [2.75, 3.05) is 11.5 Å². The Morgan fingerprint density at radius 2 is 1.63 bits per heavy atom. The molecule has 7 heteroatoms. The number of anilines is 1. The number of rotatable bonds is 8. The highest BCUT2D eigenvalue weighted by Gasteiger charge is 2.35. The number of aryl methyl sites for hydroxylation is 2. The van der Waals surface area contributed by atoms with E-state index in [-0.39, 0.29) is 5.91 Å². The van der Waals surface area contributed by atoms with Gasteiger partial charge in [-0.25, -0.2) is 4.99 Å². The predicted molar refractivity (Wildman–Crippen MR) is 139 cm³/mol. The highest BCUT2D eigenvalue weighted by molar-refractivity contribution is 8.19. The molecule has 35 heavy (non-hydrogen) atoms. The van der Waals surface area contributed by atoms with E-state index in [9.17, 15) is 14.7 Å². The number of ether oxygens (including phenoxy) is 1. The molecule has 0 radical (unpaired) electrons. The molecule has 0 aromatic heterocycles. The summed E-state index contributed by atoms with van der Waals surface area (Å²) in [7, 11) is 0. The smallest absolute Gasteiger partial charge is 0.271 e. The number of carboxylic acid groups (broad SMARTS) is 1. The van der Waals surface area contributed by atoms with Crippen LogP contribution < -0.4 is 14.7 Å². The van der Waals surface area contributed by atoms with Gasteiger partial charge in [0.2, 0.25) is 0 Å². The summed E-state index contributed by atoms with van der Waals surface area (Å²) < 4.78 is 5.14. The lowest BCUT2D eigenvalue weighted by Crippen LogP contribution is -2.29. The van der Waals surface area contributed by atoms with E-state index in [0.29, 0.717) is 15.8 Å². The molecule has 0 saturated carbocycles. The number of amidine groups is 1. The van der Waals surface area contributed by atoms with Crippen LogP contribution in [0.4, 0.5) is 11.4 Å². The van der Waals surface area contributed by atoms with E-state index >= 15 is 0 Å². The molecule has 0 bridgehead atoms. The van der Waals surface area contributed by atoms with Gasteiger partial charge in [-0.3, -0.25) is 9.69 Å². The number of hydrogen-bond acceptors (Lipinski definition) is 6. The van der Waals surface area contributed by atoms with E-state index in [1.54, 1.807) is 29.2 Å². The molecular weight excluding hydrogens is 460 g/mol. The monoisotopic (exact) mass is 485 g/mol. The topological polar surface area (TPSA) is 82.0 Å². The quantitative estimate of drug-likeness (QED) is 0.430. The number of hydrogen-bond donors (Lipinski definition) is 0. The molecule has 6 nitrogen and oxygen atoms in total. The second-order valence-electron chi connectivity index (χ2n) is 7.84. The molecule has 1 aliphatic heterocycles. The first-order valence-corrected chi connectivity index (χ1v) is 12.2. The van der Waals surface area contributed by atoms with Crippen LogP contribution >= 0.6 is 11.8 Å². The van der Waals surface area contributed by atoms with Crippen molar-refractivity contribution < 1.29 is 19.4 Å². The van der Waals surface area contributed by atoms with Crippen molar-refractivity contribution in [3.8, 4) is 5.75 Å². The Morgan fingerprint density at radius 1 is 0.971 bits per heavy atom. The van der Waals surface area contributed by atoms with Gasteiger partial charge in [0.05, 0.1) is 22.2 Å². The van der Waals surface area contributed by atoms with Crippen LogP contribution in [0.2, 0.25) is 0 Å². The third kappa shape index (κ3) is 5.63. The number of para-hydroxylation sites is 2. The molecule has 178 valence electrons. The maximum atomic E-state index is 13.6. The fourth-order valence-corrected chi connectivity index (χ4v) is 4.75. The Kier molecular flexibility index (Phi) is 7.67. The van der Waals surface area contributed by atoms with Gasteiger partial charge in [-0.05, 0) is 71.6 Å². The number of aliphatic carboxylic acids is 1. The number of carbonyl (C=O) groups is 2. The highest BCUT2D eigenvalue weighted by Crippen LogP contribution is 2.39. The molecule has 1 amide bonds. The van der Waals surface area contributed by atoms with Crippen molar-refractivity contribution in [1.29, 1.82) is 0 Å². The Bertz CT molecular complexity index is 1300. The van der Waals surface area contributed by atoms with E-state index in [1.807, 2.05) is 54.6 Å². The van der Waals surface area contributed by atoms with Crippen LogP contribution in [-0.4, -0.2) is 23.7 Å². The molecule has 0 spiro atoms. The van der Waals surface area contributed by atoms with Gasteiger partial charge in [0.15, 0.2) is 5.17 Å². The molecule has 1 heterocycles. The summed E-state index contributed by atoms with van der Waals surface area (Å²) in [6.07, 6.45) is 3.44. The third-order valence-electron chi connectivity index (χ3n) is 5.54. The molecule has 1 aliphatic rings. The summed E-state index contributed by atoms with van der Waals surface area (Å²) in [6.45, 7) is 3.64. The van der Waals surface area contributed by atoms with Crippen LogP contribution in [0.15, 0.2) is 82.7 Å². The third-order valence-corrected chi connectivity index (χ3v) is 6.51. The summed E-state index contributed by atoms with van der Waals surface area (Å²) in [6, 6.07) is 22.7. The normalized spacial score (nSPS) is 15.7. The number of aliphatic imine (C=N–C) groups is 1. The van der Waals surface area contributed by atoms with E-state index in [2.05, 4.69) is 13.8 Å². The molecule has 1 saturated heterocycles. The lowest BCUT2D eigenvalue weighted by Gasteiger charge is -2.19. The zero-order valence-corrected chi connectivity index (χ0v) is 20.4. The molecule has 3 aromatic carbocycles. The first kappa shape index (κ1) is 24.3. The first-order chi connectivity index (χ1) is 17.0. The van der Waals surface area contributed by atoms with E-state index in [0.717, 1.165) is 40.9 Å². The molecule has 0 N–H and O–H groups in total. The molecule has 1 fully saturated rings. The highest BCUT2D eigenvalue weighted by atomic mass is 32.2. The summed E-state index contributed by atoms with van der Waals surface area (Å²) in [5.41, 5.74) is 4.64. The van der Waals surface area contributed by atoms with Crippen LogP contribution in [0.25, 0.3) is 6.08 Å². The Hall–Kier alpha value is -3.84. The number of carboxylic acids is 1. The van der Waals surface area contributed by atoms with Crippen molar-refractivity contribution >= 4 is 46.3 Å². The van der Waals surface area contributed by atoms with Crippen molar-refractivity contribution in [2.45, 2.75) is 26.7 Å². The summed E-state index contributed by atoms with van der Waals surface area (Å²) >= 11 is 1.34. The number of amides is 1. The summed E-state index contributed by atoms with van der Waals surface area (Å²) in [4.78, 5) is 31.4. The van der Waals surface area contributed by atoms with Crippen LogP contribution in [0.3, 0.4) is 0 Å².